The molecule has 4 aromatic rings. The van der Waals surface area contributed by atoms with Crippen molar-refractivity contribution in [3.63, 3.8) is 0 Å². The molecule has 1 atom stereocenters. The summed E-state index contributed by atoms with van der Waals surface area (Å²) in [6.07, 6.45) is 3.50. The first-order chi connectivity index (χ1) is 26.3. The van der Waals surface area contributed by atoms with Crippen LogP contribution in [0, 0.1) is 0 Å². The predicted molar refractivity (Wildman–Crippen MR) is 200 cm³/mol. The molecular formula is C40H44F3N7O5. The van der Waals surface area contributed by atoms with E-state index in [9.17, 15) is 32.3 Å². The van der Waals surface area contributed by atoms with Crippen LogP contribution in [0.15, 0.2) is 71.9 Å². The number of piperidine rings is 3. The van der Waals surface area contributed by atoms with Crippen molar-refractivity contribution in [3.05, 3.63) is 88.6 Å². The van der Waals surface area contributed by atoms with Gasteiger partial charge in [0.25, 0.3) is 5.56 Å². The summed E-state index contributed by atoms with van der Waals surface area (Å²) in [5.74, 6) is -0.543. The van der Waals surface area contributed by atoms with Gasteiger partial charge >= 0.3 is 12.4 Å². The largest absolute Gasteiger partial charge is 0.573 e. The monoisotopic (exact) mass is 759 g/mol. The van der Waals surface area contributed by atoms with E-state index < -0.39 is 12.4 Å². The number of carbonyl (C=O) groups excluding carboxylic acids is 3. The number of imide groups is 1. The molecule has 1 unspecified atom stereocenters. The van der Waals surface area contributed by atoms with E-state index in [-0.39, 0.29) is 41.7 Å². The average molecular weight is 760 g/mol. The average Bonchev–Trinajstić information content (AvgIpc) is 3.17. The van der Waals surface area contributed by atoms with Crippen molar-refractivity contribution >= 4 is 34.3 Å². The Morgan fingerprint density at radius 1 is 0.964 bits per heavy atom. The molecule has 15 heteroatoms. The minimum absolute atomic E-state index is 0.00616. The van der Waals surface area contributed by atoms with E-state index in [1.807, 2.05) is 29.0 Å². The number of aryl methyl sites for hydroxylation is 1. The minimum Gasteiger partial charge on any atom is -0.405 e. The molecule has 55 heavy (non-hydrogen) atoms. The van der Waals surface area contributed by atoms with Crippen molar-refractivity contribution in [1.29, 1.82) is 0 Å². The normalized spacial score (nSPS) is 19.0. The molecule has 2 N–H and O–H groups in total. The molecule has 3 saturated heterocycles. The Hall–Kier alpha value is -5.44. The molecule has 0 aliphatic carbocycles. The predicted octanol–water partition coefficient (Wildman–Crippen LogP) is 5.61. The van der Waals surface area contributed by atoms with Gasteiger partial charge in [-0.2, -0.15) is 0 Å². The van der Waals surface area contributed by atoms with Crippen LogP contribution in [-0.2, 0) is 23.2 Å². The van der Waals surface area contributed by atoms with Crippen LogP contribution >= 0.6 is 0 Å². The quantitative estimate of drug-likeness (QED) is 0.222. The van der Waals surface area contributed by atoms with Crippen LogP contribution in [0.3, 0.4) is 0 Å². The van der Waals surface area contributed by atoms with Gasteiger partial charge in [-0.15, -0.1) is 13.2 Å². The van der Waals surface area contributed by atoms with Crippen LogP contribution in [0.1, 0.15) is 55.6 Å². The molecule has 5 heterocycles. The number of hydrogen-bond donors (Lipinski definition) is 2. The second kappa shape index (κ2) is 15.7. The third kappa shape index (κ3) is 8.61. The summed E-state index contributed by atoms with van der Waals surface area (Å²) in [4.78, 5) is 59.6. The lowest BCUT2D eigenvalue weighted by Gasteiger charge is -2.40. The number of aromatic nitrogens is 2. The maximum absolute atomic E-state index is 13.6. The fourth-order valence-corrected chi connectivity index (χ4v) is 7.99. The Labute approximate surface area is 316 Å². The molecule has 0 bridgehead atoms. The van der Waals surface area contributed by atoms with Crippen molar-refractivity contribution in [3.8, 4) is 16.9 Å². The number of hydrogen-bond acceptors (Lipinski definition) is 8. The number of pyridine rings is 2. The summed E-state index contributed by atoms with van der Waals surface area (Å²) in [7, 11) is 3.42. The Kier molecular flexibility index (Phi) is 10.8. The first-order valence-corrected chi connectivity index (χ1v) is 18.6. The highest BCUT2D eigenvalue weighted by Gasteiger charge is 2.34. The molecule has 7 rings (SSSR count). The van der Waals surface area contributed by atoms with Crippen molar-refractivity contribution in [2.45, 2.75) is 69.4 Å². The van der Waals surface area contributed by atoms with Crippen LogP contribution < -0.4 is 20.9 Å². The maximum atomic E-state index is 13.6. The van der Waals surface area contributed by atoms with Gasteiger partial charge in [0.1, 0.15) is 11.8 Å². The number of amides is 4. The van der Waals surface area contributed by atoms with E-state index in [4.69, 9.17) is 0 Å². The highest BCUT2D eigenvalue weighted by atomic mass is 19.4. The summed E-state index contributed by atoms with van der Waals surface area (Å²) in [5.41, 5.74) is 3.20. The lowest BCUT2D eigenvalue weighted by molar-refractivity contribution is -0.275. The van der Waals surface area contributed by atoms with Gasteiger partial charge in [-0.1, -0.05) is 24.3 Å². The van der Waals surface area contributed by atoms with Crippen LogP contribution in [-0.4, -0.2) is 93.8 Å². The highest BCUT2D eigenvalue weighted by Crippen LogP contribution is 2.35. The molecule has 2 aromatic carbocycles. The van der Waals surface area contributed by atoms with Crippen molar-refractivity contribution in [2.24, 2.45) is 7.05 Å². The van der Waals surface area contributed by atoms with Gasteiger partial charge in [-0.25, -0.2) is 4.79 Å². The van der Waals surface area contributed by atoms with Crippen LogP contribution in [0.5, 0.6) is 5.75 Å². The number of alkyl halides is 3. The van der Waals surface area contributed by atoms with E-state index in [2.05, 4.69) is 37.4 Å². The topological polar surface area (TPSA) is 129 Å². The summed E-state index contributed by atoms with van der Waals surface area (Å²) in [6.45, 7) is 2.71. The molecule has 3 aliphatic heterocycles. The maximum Gasteiger partial charge on any atom is 0.573 e. The highest BCUT2D eigenvalue weighted by molar-refractivity contribution is 6.01. The van der Waals surface area contributed by atoms with Crippen LogP contribution in [0.4, 0.5) is 23.7 Å². The van der Waals surface area contributed by atoms with Gasteiger partial charge in [-0.3, -0.25) is 29.6 Å². The molecule has 0 saturated carbocycles. The number of fused-ring (bicyclic) bond motifs is 1. The van der Waals surface area contributed by atoms with Crippen LogP contribution in [0.25, 0.3) is 21.9 Å². The lowest BCUT2D eigenvalue weighted by Crippen LogP contribution is -2.51. The molecule has 2 aromatic heterocycles. The molecular weight excluding hydrogens is 715 g/mol. The first kappa shape index (κ1) is 37.9. The number of rotatable bonds is 8. The van der Waals surface area contributed by atoms with Crippen molar-refractivity contribution < 1.29 is 32.3 Å². The Bertz CT molecular complexity index is 2120. The van der Waals surface area contributed by atoms with Gasteiger partial charge in [0.2, 0.25) is 11.8 Å². The van der Waals surface area contributed by atoms with Gasteiger partial charge in [-0.05, 0) is 78.8 Å². The molecule has 0 radical (unpaired) electrons. The third-order valence-electron chi connectivity index (χ3n) is 11.1. The summed E-state index contributed by atoms with van der Waals surface area (Å²) in [5, 5.41) is 6.52. The number of urea groups is 1. The summed E-state index contributed by atoms with van der Waals surface area (Å²) >= 11 is 0. The van der Waals surface area contributed by atoms with E-state index in [1.165, 1.54) is 22.4 Å². The van der Waals surface area contributed by atoms with Crippen molar-refractivity contribution in [2.75, 3.05) is 38.5 Å². The zero-order valence-electron chi connectivity index (χ0n) is 30.8. The van der Waals surface area contributed by atoms with E-state index >= 15 is 0 Å². The summed E-state index contributed by atoms with van der Waals surface area (Å²) < 4.78 is 46.8. The van der Waals surface area contributed by atoms with E-state index in [1.54, 1.807) is 37.6 Å². The lowest BCUT2D eigenvalue weighted by atomic mass is 9.89. The number of nitrogens with one attached hydrogen (secondary N) is 2. The number of likely N-dealkylation sites (tertiary alicyclic amines) is 2. The van der Waals surface area contributed by atoms with Gasteiger partial charge in [0.15, 0.2) is 0 Å². The number of nitrogens with zero attached hydrogens (tertiary/aromatic N) is 5. The van der Waals surface area contributed by atoms with E-state index in [0.29, 0.717) is 85.2 Å². The zero-order valence-corrected chi connectivity index (χ0v) is 30.8. The Balaban J connectivity index is 0.928. The number of carbonyl (C=O) groups is 3. The standard InChI is InChI=1S/C40H44F3N7O5/c1-47-24-33(31-11-16-44-22-32(31)38(47)53)27-3-4-28(35(21-27)55-40(41,42)43)23-49-17-14-30(15-18-49)48(2)39(54)50-19-12-26(13-20-50)25-5-7-29(8-6-25)45-34-9-10-36(51)46-37(34)52/h3-8,11,16,21-22,24,26,30,34,45H,9-10,12-15,17-20,23H2,1-2H3,(H,46,51,52). The second-order valence-corrected chi connectivity index (χ2v) is 14.7. The number of anilines is 1. The smallest absolute Gasteiger partial charge is 0.405 e. The minimum atomic E-state index is -4.89. The van der Waals surface area contributed by atoms with Crippen molar-refractivity contribution in [1.82, 2.24) is 29.6 Å². The number of benzene rings is 2. The van der Waals surface area contributed by atoms with Gasteiger partial charge in [0, 0.05) is 94.7 Å². The van der Waals surface area contributed by atoms with Gasteiger partial charge < -0.3 is 24.4 Å². The first-order valence-electron chi connectivity index (χ1n) is 18.6. The second-order valence-electron chi connectivity index (χ2n) is 14.7. The Morgan fingerprint density at radius 2 is 1.69 bits per heavy atom. The zero-order chi connectivity index (χ0) is 38.9. The third-order valence-corrected chi connectivity index (χ3v) is 11.1. The molecule has 3 fully saturated rings. The fourth-order valence-electron chi connectivity index (χ4n) is 7.99. The number of ether oxygens (including phenoxy) is 1. The fraction of sp³-hybridized carbons (Fsp3) is 0.425. The molecule has 3 aliphatic rings. The molecule has 4 amide bonds. The Morgan fingerprint density at radius 3 is 2.38 bits per heavy atom. The summed E-state index contributed by atoms with van der Waals surface area (Å²) in [6, 6.07) is 14.0. The molecule has 12 nitrogen and oxygen atoms in total. The van der Waals surface area contributed by atoms with E-state index in [0.717, 1.165) is 18.5 Å². The van der Waals surface area contributed by atoms with Gasteiger partial charge in [0.05, 0.1) is 5.39 Å². The van der Waals surface area contributed by atoms with Crippen LogP contribution in [0.2, 0.25) is 0 Å². The molecule has 290 valence electrons. The number of halogens is 3. The molecule has 0 spiro atoms. The SMILES string of the molecule is CN(C(=O)N1CCC(c2ccc(NC3CCC(=O)NC3=O)cc2)CC1)C1CCN(Cc2ccc(-c3cn(C)c(=O)c4cnccc34)cc2OC(F)(F)F)CC1.